The number of likely N-dealkylation sites (tertiary alicyclic amines) is 1. The fraction of sp³-hybridized carbons (Fsp3) is 0.475. The topological polar surface area (TPSA) is 190 Å². The Morgan fingerprint density at radius 2 is 1.71 bits per heavy atom. The van der Waals surface area contributed by atoms with E-state index >= 15 is 0 Å². The highest BCUT2D eigenvalue weighted by atomic mass is 16.6. The van der Waals surface area contributed by atoms with Crippen LogP contribution in [0.5, 0.6) is 0 Å². The first-order chi connectivity index (χ1) is 27.2. The van der Waals surface area contributed by atoms with E-state index in [1.807, 2.05) is 42.2 Å². The third kappa shape index (κ3) is 7.96. The molecule has 3 saturated heterocycles. The number of aromatic nitrogens is 4. The van der Waals surface area contributed by atoms with Gasteiger partial charge in [0.1, 0.15) is 23.5 Å². The highest BCUT2D eigenvalue weighted by Crippen LogP contribution is 2.42. The molecule has 0 saturated carbocycles. The van der Waals surface area contributed by atoms with Crippen LogP contribution in [-0.4, -0.2) is 118 Å². The van der Waals surface area contributed by atoms with Crippen molar-refractivity contribution in [2.75, 3.05) is 62.6 Å². The van der Waals surface area contributed by atoms with Gasteiger partial charge >= 0.3 is 12.1 Å². The number of nitrogens with zero attached hydrogens (tertiary/aromatic N) is 6. The molecule has 5 amide bonds. The van der Waals surface area contributed by atoms with Gasteiger partial charge in [-0.1, -0.05) is 6.07 Å². The number of rotatable bonds is 9. The summed E-state index contributed by atoms with van der Waals surface area (Å²) in [5, 5.41) is 20.4. The van der Waals surface area contributed by atoms with Crippen LogP contribution in [0.25, 0.3) is 10.9 Å². The normalized spacial score (nSPS) is 19.4. The number of aryl methyl sites for hydroxylation is 1. The summed E-state index contributed by atoms with van der Waals surface area (Å²) in [4.78, 5) is 69.6. The molecule has 294 valence electrons. The number of hydrogen-bond acceptors (Lipinski definition) is 10. The molecule has 3 aromatic heterocycles. The lowest BCUT2D eigenvalue weighted by molar-refractivity contribution is -0.137. The van der Waals surface area contributed by atoms with E-state index in [2.05, 4.69) is 46.3 Å². The van der Waals surface area contributed by atoms with Gasteiger partial charge < -0.3 is 35.4 Å². The number of benzene rings is 1. The molecule has 56 heavy (non-hydrogen) atoms. The zero-order chi connectivity index (χ0) is 38.6. The van der Waals surface area contributed by atoms with Crippen LogP contribution < -0.4 is 26.2 Å². The van der Waals surface area contributed by atoms with Gasteiger partial charge in [0.25, 0.3) is 0 Å². The molecule has 4 aromatic rings. The van der Waals surface area contributed by atoms with E-state index in [1.165, 1.54) is 0 Å². The van der Waals surface area contributed by atoms with Crippen LogP contribution in [0, 0.1) is 12.8 Å². The van der Waals surface area contributed by atoms with E-state index in [1.54, 1.807) is 35.8 Å². The SMILES string of the molecule is Cc1cc(C[C@H](NC(=O)N2CCC3(CC2)OC(=O)Nc2ncccc23)C(=O)N[C@@H](CC2CCNCC2)C(=O)N2CCN(c3ccncc3)CC2)cc2cn[nH]c12. The van der Waals surface area contributed by atoms with E-state index in [4.69, 9.17) is 4.74 Å². The van der Waals surface area contributed by atoms with Gasteiger partial charge in [-0.05, 0) is 86.7 Å². The maximum atomic E-state index is 14.5. The third-order valence-electron chi connectivity index (χ3n) is 11.8. The Labute approximate surface area is 325 Å². The fourth-order valence-electron chi connectivity index (χ4n) is 8.69. The van der Waals surface area contributed by atoms with Crippen molar-refractivity contribution in [3.05, 3.63) is 77.9 Å². The van der Waals surface area contributed by atoms with E-state index in [-0.39, 0.29) is 18.2 Å². The molecule has 0 unspecified atom stereocenters. The average molecular weight is 764 g/mol. The highest BCUT2D eigenvalue weighted by Gasteiger charge is 2.46. The lowest BCUT2D eigenvalue weighted by Gasteiger charge is -2.43. The summed E-state index contributed by atoms with van der Waals surface area (Å²) in [7, 11) is 0. The van der Waals surface area contributed by atoms with E-state index in [0.29, 0.717) is 64.3 Å². The summed E-state index contributed by atoms with van der Waals surface area (Å²) < 4.78 is 5.85. The number of piperazine rings is 1. The Kier molecular flexibility index (Phi) is 10.7. The van der Waals surface area contributed by atoms with Crippen molar-refractivity contribution in [1.82, 2.24) is 45.9 Å². The molecule has 4 aliphatic heterocycles. The Balaban J connectivity index is 0.999. The molecule has 0 bridgehead atoms. The molecule has 7 heterocycles. The summed E-state index contributed by atoms with van der Waals surface area (Å²) >= 11 is 0. The van der Waals surface area contributed by atoms with Crippen molar-refractivity contribution >= 4 is 46.3 Å². The number of urea groups is 1. The van der Waals surface area contributed by atoms with Crippen LogP contribution in [0.4, 0.5) is 21.1 Å². The molecule has 2 atom stereocenters. The summed E-state index contributed by atoms with van der Waals surface area (Å²) in [5.41, 5.74) is 3.68. The van der Waals surface area contributed by atoms with Crippen molar-refractivity contribution < 1.29 is 23.9 Å². The predicted octanol–water partition coefficient (Wildman–Crippen LogP) is 3.06. The van der Waals surface area contributed by atoms with Crippen LogP contribution in [0.1, 0.15) is 48.8 Å². The minimum Gasteiger partial charge on any atom is -0.437 e. The Bertz CT molecular complexity index is 2050. The lowest BCUT2D eigenvalue weighted by atomic mass is 9.83. The van der Waals surface area contributed by atoms with Gasteiger partial charge in [-0.15, -0.1) is 0 Å². The number of pyridine rings is 2. The second-order valence-corrected chi connectivity index (χ2v) is 15.4. The minimum absolute atomic E-state index is 0.0976. The van der Waals surface area contributed by atoms with Crippen molar-refractivity contribution in [2.24, 2.45) is 5.92 Å². The fourth-order valence-corrected chi connectivity index (χ4v) is 8.69. The van der Waals surface area contributed by atoms with Crippen molar-refractivity contribution in [3.8, 4) is 0 Å². The predicted molar refractivity (Wildman–Crippen MR) is 209 cm³/mol. The van der Waals surface area contributed by atoms with Gasteiger partial charge in [0.15, 0.2) is 0 Å². The number of nitrogens with one attached hydrogen (secondary N) is 5. The van der Waals surface area contributed by atoms with Crippen LogP contribution in [0.3, 0.4) is 0 Å². The Morgan fingerprint density at radius 1 is 0.946 bits per heavy atom. The number of piperidine rings is 2. The van der Waals surface area contributed by atoms with Crippen LogP contribution in [0.15, 0.2) is 61.2 Å². The molecular formula is C40H49N11O5. The van der Waals surface area contributed by atoms with Crippen LogP contribution in [0.2, 0.25) is 0 Å². The molecule has 5 N–H and O–H groups in total. The first-order valence-electron chi connectivity index (χ1n) is 19.6. The maximum Gasteiger partial charge on any atom is 0.413 e. The number of aromatic amines is 1. The van der Waals surface area contributed by atoms with Crippen LogP contribution in [-0.2, 0) is 26.3 Å². The summed E-state index contributed by atoms with van der Waals surface area (Å²) in [6.07, 6.45) is 9.65. The number of carbonyl (C=O) groups excluding carboxylic acids is 4. The molecule has 16 heteroatoms. The number of ether oxygens (including phenoxy) is 1. The standard InChI is InChI=1S/C40H49N11O5/c1-26-21-28(22-29-25-44-48-34(26)29)24-32(46-38(54)51-15-8-40(9-16-51)31-3-2-10-43-35(31)47-39(55)56-40)36(52)45-33(23-27-4-11-41-12-5-27)37(53)50-19-17-49(18-20-50)30-6-13-42-14-7-30/h2-3,6-7,10,13-14,21-22,25,27,32-33,41H,4-5,8-9,11-12,15-20,23-24H2,1H3,(H,44,48)(H,45,52)(H,46,54)(H,43,47,55)/t32-,33-/m0/s1. The lowest BCUT2D eigenvalue weighted by Crippen LogP contribution is -2.59. The smallest absolute Gasteiger partial charge is 0.413 e. The van der Waals surface area contributed by atoms with E-state index < -0.39 is 35.7 Å². The largest absolute Gasteiger partial charge is 0.437 e. The van der Waals surface area contributed by atoms with Crippen molar-refractivity contribution in [1.29, 1.82) is 0 Å². The Hall–Kier alpha value is -5.77. The first-order valence-corrected chi connectivity index (χ1v) is 19.6. The van der Waals surface area contributed by atoms with E-state index in [0.717, 1.165) is 59.2 Å². The van der Waals surface area contributed by atoms with Gasteiger partial charge in [-0.25, -0.2) is 14.6 Å². The van der Waals surface area contributed by atoms with Gasteiger partial charge in [0.2, 0.25) is 11.8 Å². The van der Waals surface area contributed by atoms with E-state index in [9.17, 15) is 19.2 Å². The second-order valence-electron chi connectivity index (χ2n) is 15.4. The molecule has 0 aliphatic carbocycles. The third-order valence-corrected chi connectivity index (χ3v) is 11.8. The summed E-state index contributed by atoms with van der Waals surface area (Å²) in [6.45, 7) is 6.72. The summed E-state index contributed by atoms with van der Waals surface area (Å²) in [6, 6.07) is 9.48. The van der Waals surface area contributed by atoms with Gasteiger partial charge in [-0.2, -0.15) is 5.10 Å². The number of carbonyl (C=O) groups is 4. The van der Waals surface area contributed by atoms with Crippen molar-refractivity contribution in [2.45, 2.75) is 63.1 Å². The molecular weight excluding hydrogens is 715 g/mol. The molecule has 3 fully saturated rings. The van der Waals surface area contributed by atoms with Gasteiger partial charge in [0, 0.05) is 93.8 Å². The average Bonchev–Trinajstić information content (AvgIpc) is 3.71. The zero-order valence-corrected chi connectivity index (χ0v) is 31.6. The molecule has 1 spiro atoms. The van der Waals surface area contributed by atoms with Gasteiger partial charge in [0.05, 0.1) is 11.7 Å². The molecule has 16 nitrogen and oxygen atoms in total. The number of fused-ring (bicyclic) bond motifs is 3. The van der Waals surface area contributed by atoms with Crippen LogP contribution >= 0.6 is 0 Å². The zero-order valence-electron chi connectivity index (χ0n) is 31.6. The minimum atomic E-state index is -0.976. The monoisotopic (exact) mass is 763 g/mol. The highest BCUT2D eigenvalue weighted by molar-refractivity contribution is 5.93. The molecule has 8 rings (SSSR count). The van der Waals surface area contributed by atoms with Gasteiger partial charge in [-0.3, -0.25) is 25.0 Å². The number of amides is 5. The molecule has 4 aliphatic rings. The summed E-state index contributed by atoms with van der Waals surface area (Å²) in [5.74, 6) is 0.228. The number of hydrogen-bond donors (Lipinski definition) is 5. The first kappa shape index (κ1) is 37.2. The maximum absolute atomic E-state index is 14.5. The van der Waals surface area contributed by atoms with Crippen molar-refractivity contribution in [3.63, 3.8) is 0 Å². The molecule has 0 radical (unpaired) electrons. The Morgan fingerprint density at radius 3 is 2.48 bits per heavy atom. The second kappa shape index (κ2) is 16.1. The number of anilines is 2. The quantitative estimate of drug-likeness (QED) is 0.170. The number of H-pyrrole nitrogens is 1. The molecule has 1 aromatic carbocycles.